The van der Waals surface area contributed by atoms with Crippen molar-refractivity contribution in [1.29, 1.82) is 0 Å². The van der Waals surface area contributed by atoms with Gasteiger partial charge in [0.2, 0.25) is 5.91 Å². The van der Waals surface area contributed by atoms with Crippen LogP contribution < -0.4 is 15.5 Å². The van der Waals surface area contributed by atoms with Crippen LogP contribution in [0.3, 0.4) is 0 Å². The van der Waals surface area contributed by atoms with E-state index in [-0.39, 0.29) is 35.9 Å². The van der Waals surface area contributed by atoms with Crippen molar-refractivity contribution in [3.8, 4) is 0 Å². The Bertz CT molecular complexity index is 1630. The topological polar surface area (TPSA) is 74.6 Å². The molecule has 1 fully saturated rings. The van der Waals surface area contributed by atoms with Crippen LogP contribution in [0.25, 0.3) is 21.9 Å². The number of nitrogens with one attached hydrogen (secondary N) is 2. The summed E-state index contributed by atoms with van der Waals surface area (Å²) >= 11 is 0. The molecular weight excluding hydrogens is 543 g/mol. The molecule has 6 nitrogen and oxygen atoms in total. The summed E-state index contributed by atoms with van der Waals surface area (Å²) in [5.41, 5.74) is 1.21. The summed E-state index contributed by atoms with van der Waals surface area (Å²) in [6.07, 6.45) is -1.65. The van der Waals surface area contributed by atoms with Gasteiger partial charge in [0.25, 0.3) is 5.91 Å². The number of piperidine rings is 1. The maximum Gasteiger partial charge on any atom is 0.397 e. The molecule has 1 unspecified atom stereocenters. The number of furan rings is 1. The molecule has 5 rings (SSSR count). The Hall–Kier alpha value is -4.01. The molecule has 0 radical (unpaired) electrons. The molecule has 9 heteroatoms. The standard InChI is InChI=1S/C33H36F3N3O3/c1-5-7-20(2)37-31(41)21-10-12-26-27-13-11-25(19-29(27)42-28(26)16-21)39-15-14-24(18-30(39)40)38-23-9-6-8-22(17-23)32(3,4)33(34,35)36/h6,8-13,16-17,19-20,24,38H,5,7,14-15,18H2,1-4H3,(H,37,41)/t20-,24?/m0/s1. The fourth-order valence-electron chi connectivity index (χ4n) is 5.51. The van der Waals surface area contributed by atoms with Crippen LogP contribution in [0.2, 0.25) is 0 Å². The van der Waals surface area contributed by atoms with E-state index < -0.39 is 11.6 Å². The lowest BCUT2D eigenvalue weighted by Gasteiger charge is -2.33. The fraction of sp³-hybridized carbons (Fsp3) is 0.394. The van der Waals surface area contributed by atoms with Crippen molar-refractivity contribution in [1.82, 2.24) is 5.32 Å². The van der Waals surface area contributed by atoms with E-state index in [1.165, 1.54) is 12.1 Å². The highest BCUT2D eigenvalue weighted by Gasteiger charge is 2.48. The number of halogens is 3. The maximum atomic E-state index is 13.5. The van der Waals surface area contributed by atoms with Crippen LogP contribution in [0.5, 0.6) is 0 Å². The van der Waals surface area contributed by atoms with Gasteiger partial charge in [-0.3, -0.25) is 9.59 Å². The Kier molecular flexibility index (Phi) is 7.96. The second-order valence-corrected chi connectivity index (χ2v) is 11.7. The normalized spacial score (nSPS) is 17.1. The first-order valence-electron chi connectivity index (χ1n) is 14.4. The van der Waals surface area contributed by atoms with Crippen molar-refractivity contribution in [3.63, 3.8) is 0 Å². The molecule has 1 aliphatic heterocycles. The Morgan fingerprint density at radius 1 is 1.05 bits per heavy atom. The molecular formula is C33H36F3N3O3. The Labute approximate surface area is 243 Å². The molecule has 0 saturated carbocycles. The molecule has 2 heterocycles. The zero-order valence-electron chi connectivity index (χ0n) is 24.3. The fourth-order valence-corrected chi connectivity index (χ4v) is 5.51. The van der Waals surface area contributed by atoms with Crippen LogP contribution in [-0.2, 0) is 10.2 Å². The number of hydrogen-bond acceptors (Lipinski definition) is 4. The molecule has 1 aliphatic rings. The largest absolute Gasteiger partial charge is 0.456 e. The Morgan fingerprint density at radius 3 is 2.45 bits per heavy atom. The summed E-state index contributed by atoms with van der Waals surface area (Å²) in [6.45, 7) is 6.85. The van der Waals surface area contributed by atoms with Crippen LogP contribution in [0.15, 0.2) is 65.1 Å². The smallest absolute Gasteiger partial charge is 0.397 e. The van der Waals surface area contributed by atoms with Gasteiger partial charge in [0.1, 0.15) is 11.2 Å². The quantitative estimate of drug-likeness (QED) is 0.222. The van der Waals surface area contributed by atoms with E-state index in [0.29, 0.717) is 41.1 Å². The number of hydrogen-bond donors (Lipinski definition) is 2. The lowest BCUT2D eigenvalue weighted by Crippen LogP contribution is -2.43. The van der Waals surface area contributed by atoms with Gasteiger partial charge in [0, 0.05) is 58.8 Å². The number of anilines is 2. The Balaban J connectivity index is 1.29. The average Bonchev–Trinajstić information content (AvgIpc) is 3.30. The van der Waals surface area contributed by atoms with E-state index in [9.17, 15) is 22.8 Å². The highest BCUT2D eigenvalue weighted by atomic mass is 19.4. The molecule has 4 aromatic rings. The van der Waals surface area contributed by atoms with Crippen LogP contribution >= 0.6 is 0 Å². The Morgan fingerprint density at radius 2 is 1.76 bits per heavy atom. The molecule has 2 amide bonds. The van der Waals surface area contributed by atoms with Crippen molar-refractivity contribution in [2.45, 2.75) is 77.1 Å². The van der Waals surface area contributed by atoms with Gasteiger partial charge < -0.3 is 20.0 Å². The second-order valence-electron chi connectivity index (χ2n) is 11.7. The van der Waals surface area contributed by atoms with Crippen LogP contribution in [0.1, 0.15) is 69.3 Å². The number of carbonyl (C=O) groups is 2. The first kappa shape index (κ1) is 29.5. The van der Waals surface area contributed by atoms with Crippen LogP contribution in [-0.4, -0.2) is 36.6 Å². The zero-order chi connectivity index (χ0) is 30.2. The predicted octanol–water partition coefficient (Wildman–Crippen LogP) is 7.95. The summed E-state index contributed by atoms with van der Waals surface area (Å²) in [7, 11) is 0. The number of alkyl halides is 3. The van der Waals surface area contributed by atoms with Crippen LogP contribution in [0.4, 0.5) is 24.5 Å². The summed E-state index contributed by atoms with van der Waals surface area (Å²) in [6, 6.07) is 17.3. The third kappa shape index (κ3) is 5.82. The van der Waals surface area contributed by atoms with E-state index in [1.54, 1.807) is 29.2 Å². The summed E-state index contributed by atoms with van der Waals surface area (Å²) in [4.78, 5) is 27.6. The van der Waals surface area contributed by atoms with Gasteiger partial charge in [-0.25, -0.2) is 0 Å². The third-order valence-corrected chi connectivity index (χ3v) is 8.22. The molecule has 0 bridgehead atoms. The lowest BCUT2D eigenvalue weighted by atomic mass is 9.83. The molecule has 2 atom stereocenters. The van der Waals surface area contributed by atoms with Gasteiger partial charge in [-0.2, -0.15) is 13.2 Å². The average molecular weight is 580 g/mol. The van der Waals surface area contributed by atoms with Gasteiger partial charge in [-0.15, -0.1) is 0 Å². The second kappa shape index (κ2) is 11.3. The minimum atomic E-state index is -4.38. The van der Waals surface area contributed by atoms with Crippen molar-refractivity contribution in [3.05, 3.63) is 71.8 Å². The molecule has 3 aromatic carbocycles. The summed E-state index contributed by atoms with van der Waals surface area (Å²) in [5.74, 6) is -0.224. The number of carbonyl (C=O) groups excluding carboxylic acids is 2. The van der Waals surface area contributed by atoms with E-state index >= 15 is 0 Å². The van der Waals surface area contributed by atoms with Crippen molar-refractivity contribution in [2.24, 2.45) is 0 Å². The number of rotatable bonds is 8. The molecule has 1 saturated heterocycles. The molecule has 222 valence electrons. The molecule has 2 N–H and O–H groups in total. The minimum Gasteiger partial charge on any atom is -0.456 e. The predicted molar refractivity (Wildman–Crippen MR) is 160 cm³/mol. The van der Waals surface area contributed by atoms with E-state index in [4.69, 9.17) is 4.42 Å². The van der Waals surface area contributed by atoms with Crippen molar-refractivity contribution >= 4 is 45.1 Å². The number of fused-ring (bicyclic) bond motifs is 3. The molecule has 1 aromatic heterocycles. The maximum absolute atomic E-state index is 13.5. The summed E-state index contributed by atoms with van der Waals surface area (Å²) in [5, 5.41) is 8.06. The van der Waals surface area contributed by atoms with Gasteiger partial charge in [0.05, 0.1) is 5.41 Å². The number of benzene rings is 3. The highest BCUT2D eigenvalue weighted by Crippen LogP contribution is 2.41. The third-order valence-electron chi connectivity index (χ3n) is 8.22. The first-order valence-corrected chi connectivity index (χ1v) is 14.4. The minimum absolute atomic E-state index is 0.0823. The van der Waals surface area contributed by atoms with Gasteiger partial charge in [-0.1, -0.05) is 25.5 Å². The van der Waals surface area contributed by atoms with E-state index in [1.807, 2.05) is 31.2 Å². The van der Waals surface area contributed by atoms with Gasteiger partial charge >= 0.3 is 6.18 Å². The van der Waals surface area contributed by atoms with E-state index in [0.717, 1.165) is 37.5 Å². The highest BCUT2D eigenvalue weighted by molar-refractivity contribution is 6.09. The zero-order valence-corrected chi connectivity index (χ0v) is 24.3. The summed E-state index contributed by atoms with van der Waals surface area (Å²) < 4.78 is 46.7. The number of amides is 2. The van der Waals surface area contributed by atoms with Crippen LogP contribution in [0, 0.1) is 0 Å². The SMILES string of the molecule is CCC[C@H](C)NC(=O)c1ccc2c(c1)oc1cc(N3CCC(Nc4cccc(C(C)(C)C(F)(F)F)c4)CC3=O)ccc12. The van der Waals surface area contributed by atoms with Crippen molar-refractivity contribution in [2.75, 3.05) is 16.8 Å². The molecule has 42 heavy (non-hydrogen) atoms. The van der Waals surface area contributed by atoms with Crippen molar-refractivity contribution < 1.29 is 27.2 Å². The lowest BCUT2D eigenvalue weighted by molar-refractivity contribution is -0.180. The monoisotopic (exact) mass is 579 g/mol. The van der Waals surface area contributed by atoms with Gasteiger partial charge in [0.15, 0.2) is 0 Å². The number of nitrogens with zero attached hydrogens (tertiary/aromatic N) is 1. The van der Waals surface area contributed by atoms with E-state index in [2.05, 4.69) is 17.6 Å². The molecule has 0 spiro atoms. The first-order chi connectivity index (χ1) is 19.9. The molecule has 0 aliphatic carbocycles. The van der Waals surface area contributed by atoms with Gasteiger partial charge in [-0.05, 0) is 81.6 Å².